The molecule has 0 aliphatic heterocycles. The fourth-order valence-corrected chi connectivity index (χ4v) is 1.09. The highest BCUT2D eigenvalue weighted by atomic mass is 16.5. The zero-order valence-electron chi connectivity index (χ0n) is 9.25. The van der Waals surface area contributed by atoms with Crippen LogP contribution in [-0.2, 0) is 9.53 Å². The van der Waals surface area contributed by atoms with Gasteiger partial charge in [-0.15, -0.1) is 0 Å². The first kappa shape index (κ1) is 13.4. The van der Waals surface area contributed by atoms with Gasteiger partial charge in [0.05, 0.1) is 5.92 Å². The molecule has 0 rings (SSSR count). The molecule has 0 bridgehead atoms. The summed E-state index contributed by atoms with van der Waals surface area (Å²) >= 11 is 0. The van der Waals surface area contributed by atoms with E-state index in [-0.39, 0.29) is 12.0 Å². The Balaban J connectivity index is 3.43. The summed E-state index contributed by atoms with van der Waals surface area (Å²) < 4.78 is 4.91. The molecule has 0 amide bonds. The minimum absolute atomic E-state index is 0.0232. The molecule has 0 aliphatic rings. The first-order valence-electron chi connectivity index (χ1n) is 5.04. The van der Waals surface area contributed by atoms with Crippen LogP contribution in [0.3, 0.4) is 0 Å². The van der Waals surface area contributed by atoms with Gasteiger partial charge in [-0.3, -0.25) is 4.79 Å². The second kappa shape index (κ2) is 7.76. The number of rotatable bonds is 8. The third-order valence-corrected chi connectivity index (χ3v) is 2.38. The number of hydrogen-bond donors (Lipinski definition) is 2. The van der Waals surface area contributed by atoms with Gasteiger partial charge in [-0.05, 0) is 26.3 Å². The van der Waals surface area contributed by atoms with Crippen molar-refractivity contribution < 1.29 is 14.6 Å². The third kappa shape index (κ3) is 5.94. The van der Waals surface area contributed by atoms with E-state index in [2.05, 4.69) is 5.32 Å². The molecule has 0 aliphatic carbocycles. The number of unbranched alkanes of at least 4 members (excludes halogenated alkanes) is 1. The van der Waals surface area contributed by atoms with E-state index in [1.165, 1.54) is 0 Å². The van der Waals surface area contributed by atoms with Crippen LogP contribution in [0.5, 0.6) is 0 Å². The van der Waals surface area contributed by atoms with Crippen molar-refractivity contribution in [1.82, 2.24) is 5.32 Å². The molecule has 0 aromatic heterocycles. The van der Waals surface area contributed by atoms with Gasteiger partial charge in [0.2, 0.25) is 0 Å². The smallest absolute Gasteiger partial charge is 0.307 e. The van der Waals surface area contributed by atoms with Crippen molar-refractivity contribution in [2.45, 2.75) is 32.7 Å². The SMILES string of the molecule is COCCCCNC(C)C(C)C(=O)O. The molecule has 0 radical (unpaired) electrons. The lowest BCUT2D eigenvalue weighted by Crippen LogP contribution is -2.36. The maximum atomic E-state index is 10.6. The predicted octanol–water partition coefficient (Wildman–Crippen LogP) is 1.11. The largest absolute Gasteiger partial charge is 0.481 e. The Kier molecular flexibility index (Phi) is 7.42. The fraction of sp³-hybridized carbons (Fsp3) is 0.900. The highest BCUT2D eigenvalue weighted by molar-refractivity contribution is 5.70. The number of methoxy groups -OCH3 is 1. The quantitative estimate of drug-likeness (QED) is 0.580. The lowest BCUT2D eigenvalue weighted by Gasteiger charge is -2.17. The second-order valence-electron chi connectivity index (χ2n) is 3.57. The average Bonchev–Trinajstić information content (AvgIpc) is 2.16. The summed E-state index contributed by atoms with van der Waals surface area (Å²) in [6, 6.07) is 0.0232. The molecule has 0 heterocycles. The van der Waals surface area contributed by atoms with Crippen molar-refractivity contribution in [3.05, 3.63) is 0 Å². The summed E-state index contributed by atoms with van der Waals surface area (Å²) in [4.78, 5) is 10.6. The Labute approximate surface area is 85.6 Å². The minimum Gasteiger partial charge on any atom is -0.481 e. The molecule has 0 aromatic carbocycles. The van der Waals surface area contributed by atoms with Crippen LogP contribution in [0.25, 0.3) is 0 Å². The van der Waals surface area contributed by atoms with Crippen LogP contribution >= 0.6 is 0 Å². The molecule has 0 saturated heterocycles. The molecule has 2 N–H and O–H groups in total. The van der Waals surface area contributed by atoms with Crippen molar-refractivity contribution in [3.8, 4) is 0 Å². The van der Waals surface area contributed by atoms with Gasteiger partial charge in [0.15, 0.2) is 0 Å². The van der Waals surface area contributed by atoms with E-state index in [9.17, 15) is 4.79 Å². The molecular formula is C10H21NO3. The maximum absolute atomic E-state index is 10.6. The Morgan fingerprint density at radius 2 is 2.07 bits per heavy atom. The van der Waals surface area contributed by atoms with Crippen molar-refractivity contribution in [3.63, 3.8) is 0 Å². The van der Waals surface area contributed by atoms with Crippen molar-refractivity contribution in [1.29, 1.82) is 0 Å². The summed E-state index contributed by atoms with van der Waals surface area (Å²) in [6.45, 7) is 5.23. The lowest BCUT2D eigenvalue weighted by atomic mass is 10.0. The van der Waals surface area contributed by atoms with Gasteiger partial charge in [-0.2, -0.15) is 0 Å². The normalized spacial score (nSPS) is 15.1. The molecule has 2 unspecified atom stereocenters. The molecule has 0 spiro atoms. The van der Waals surface area contributed by atoms with E-state index in [1.807, 2.05) is 6.92 Å². The molecule has 4 nitrogen and oxygen atoms in total. The number of hydrogen-bond acceptors (Lipinski definition) is 3. The summed E-state index contributed by atoms with van der Waals surface area (Å²) in [6.07, 6.45) is 2.03. The van der Waals surface area contributed by atoms with Crippen molar-refractivity contribution in [2.24, 2.45) is 5.92 Å². The monoisotopic (exact) mass is 203 g/mol. The third-order valence-electron chi connectivity index (χ3n) is 2.38. The Bertz CT molecular complexity index is 161. The zero-order valence-corrected chi connectivity index (χ0v) is 9.25. The summed E-state index contributed by atoms with van der Waals surface area (Å²) in [7, 11) is 1.68. The second-order valence-corrected chi connectivity index (χ2v) is 3.57. The maximum Gasteiger partial charge on any atom is 0.307 e. The molecule has 0 fully saturated rings. The zero-order chi connectivity index (χ0) is 11.0. The van der Waals surface area contributed by atoms with Crippen LogP contribution in [0, 0.1) is 5.92 Å². The van der Waals surface area contributed by atoms with E-state index in [4.69, 9.17) is 9.84 Å². The topological polar surface area (TPSA) is 58.6 Å². The van der Waals surface area contributed by atoms with Crippen LogP contribution in [-0.4, -0.2) is 37.4 Å². The van der Waals surface area contributed by atoms with Gasteiger partial charge in [0.1, 0.15) is 0 Å². The van der Waals surface area contributed by atoms with Gasteiger partial charge in [-0.1, -0.05) is 6.92 Å². The number of nitrogens with one attached hydrogen (secondary N) is 1. The standard InChI is InChI=1S/C10H21NO3/c1-8(10(12)13)9(2)11-6-4-5-7-14-3/h8-9,11H,4-7H2,1-3H3,(H,12,13). The highest BCUT2D eigenvalue weighted by Gasteiger charge is 2.17. The lowest BCUT2D eigenvalue weighted by molar-refractivity contribution is -0.141. The number of aliphatic carboxylic acids is 1. The number of carboxylic acid groups (broad SMARTS) is 1. The van der Waals surface area contributed by atoms with Crippen LogP contribution in [0.15, 0.2) is 0 Å². The average molecular weight is 203 g/mol. The molecule has 0 saturated carbocycles. The molecule has 2 atom stereocenters. The van der Waals surface area contributed by atoms with E-state index in [0.29, 0.717) is 0 Å². The summed E-state index contributed by atoms with van der Waals surface area (Å²) in [5.74, 6) is -1.08. The van der Waals surface area contributed by atoms with Crippen LogP contribution in [0.2, 0.25) is 0 Å². The van der Waals surface area contributed by atoms with Crippen molar-refractivity contribution >= 4 is 5.97 Å². The van der Waals surface area contributed by atoms with Gasteiger partial charge in [0.25, 0.3) is 0 Å². The van der Waals surface area contributed by atoms with E-state index >= 15 is 0 Å². The van der Waals surface area contributed by atoms with Gasteiger partial charge >= 0.3 is 5.97 Å². The Morgan fingerprint density at radius 3 is 2.57 bits per heavy atom. The number of ether oxygens (including phenoxy) is 1. The van der Waals surface area contributed by atoms with Gasteiger partial charge < -0.3 is 15.2 Å². The van der Waals surface area contributed by atoms with Crippen LogP contribution < -0.4 is 5.32 Å². The molecule has 84 valence electrons. The first-order chi connectivity index (χ1) is 6.59. The number of carboxylic acids is 1. The van der Waals surface area contributed by atoms with Gasteiger partial charge in [-0.25, -0.2) is 0 Å². The molecule has 14 heavy (non-hydrogen) atoms. The Hall–Kier alpha value is -0.610. The fourth-order valence-electron chi connectivity index (χ4n) is 1.09. The van der Waals surface area contributed by atoms with Crippen LogP contribution in [0.4, 0.5) is 0 Å². The summed E-state index contributed by atoms with van der Waals surface area (Å²) in [5.41, 5.74) is 0. The Morgan fingerprint density at radius 1 is 1.43 bits per heavy atom. The summed E-state index contributed by atoms with van der Waals surface area (Å²) in [5, 5.41) is 11.9. The minimum atomic E-state index is -0.748. The number of carbonyl (C=O) groups is 1. The van der Waals surface area contributed by atoms with Crippen LogP contribution in [0.1, 0.15) is 26.7 Å². The predicted molar refractivity (Wildman–Crippen MR) is 55.4 cm³/mol. The molecular weight excluding hydrogens is 182 g/mol. The van der Waals surface area contributed by atoms with E-state index < -0.39 is 5.97 Å². The van der Waals surface area contributed by atoms with E-state index in [1.54, 1.807) is 14.0 Å². The molecule has 4 heteroatoms. The molecule has 0 aromatic rings. The van der Waals surface area contributed by atoms with Crippen molar-refractivity contribution in [2.75, 3.05) is 20.3 Å². The first-order valence-corrected chi connectivity index (χ1v) is 5.04. The van der Waals surface area contributed by atoms with Gasteiger partial charge in [0, 0.05) is 19.8 Å². The van der Waals surface area contributed by atoms with E-state index in [0.717, 1.165) is 26.0 Å². The highest BCUT2D eigenvalue weighted by Crippen LogP contribution is 2.02.